The molecule has 88 valence electrons. The van der Waals surface area contributed by atoms with Crippen LogP contribution in [-0.2, 0) is 6.42 Å². The number of fused-ring (bicyclic) bond motifs is 1. The molecule has 1 N–H and O–H groups in total. The Kier molecular flexibility index (Phi) is 3.70. The van der Waals surface area contributed by atoms with Gasteiger partial charge in [-0.25, -0.2) is 0 Å². The molecule has 0 bridgehead atoms. The number of aryl methyl sites for hydroxylation is 1. The average molecular weight is 218 g/mol. The lowest BCUT2D eigenvalue weighted by Gasteiger charge is -2.23. The van der Waals surface area contributed by atoms with Gasteiger partial charge < -0.3 is 10.2 Å². The quantitative estimate of drug-likeness (QED) is 0.834. The summed E-state index contributed by atoms with van der Waals surface area (Å²) < 4.78 is 0. The maximum atomic E-state index is 3.45. The summed E-state index contributed by atoms with van der Waals surface area (Å²) in [4.78, 5) is 2.36. The molecule has 2 nitrogen and oxygen atoms in total. The predicted molar refractivity (Wildman–Crippen MR) is 71.4 cm³/mol. The lowest BCUT2D eigenvalue weighted by Crippen LogP contribution is -2.19. The highest BCUT2D eigenvalue weighted by atomic mass is 15.1. The van der Waals surface area contributed by atoms with Gasteiger partial charge in [0.15, 0.2) is 0 Å². The van der Waals surface area contributed by atoms with Gasteiger partial charge in [0, 0.05) is 31.5 Å². The number of hydrogen-bond donors (Lipinski definition) is 1. The van der Waals surface area contributed by atoms with Crippen LogP contribution in [0.3, 0.4) is 0 Å². The Morgan fingerprint density at radius 3 is 3.06 bits per heavy atom. The number of hydrogen-bond acceptors (Lipinski definition) is 2. The Morgan fingerprint density at radius 2 is 2.25 bits per heavy atom. The van der Waals surface area contributed by atoms with Gasteiger partial charge in [-0.1, -0.05) is 13.3 Å². The minimum atomic E-state index is 1.12. The number of rotatable bonds is 4. The molecule has 0 saturated heterocycles. The molecular formula is C14H22N2. The van der Waals surface area contributed by atoms with Crippen molar-refractivity contribution in [1.29, 1.82) is 0 Å². The summed E-state index contributed by atoms with van der Waals surface area (Å²) in [6.07, 6.45) is 5.01. The Balaban J connectivity index is 2.10. The summed E-state index contributed by atoms with van der Waals surface area (Å²) >= 11 is 0. The van der Waals surface area contributed by atoms with Crippen LogP contribution in [0.1, 0.15) is 31.7 Å². The van der Waals surface area contributed by atoms with Gasteiger partial charge >= 0.3 is 0 Å². The molecule has 16 heavy (non-hydrogen) atoms. The molecule has 1 aromatic rings. The van der Waals surface area contributed by atoms with Crippen molar-refractivity contribution in [3.8, 4) is 0 Å². The van der Waals surface area contributed by atoms with Gasteiger partial charge in [0.1, 0.15) is 0 Å². The van der Waals surface area contributed by atoms with E-state index in [0.29, 0.717) is 0 Å². The van der Waals surface area contributed by atoms with E-state index in [1.165, 1.54) is 42.6 Å². The first-order chi connectivity index (χ1) is 7.81. The molecule has 1 heterocycles. The summed E-state index contributed by atoms with van der Waals surface area (Å²) in [5.41, 5.74) is 4.17. The summed E-state index contributed by atoms with van der Waals surface area (Å²) in [5, 5.41) is 3.45. The van der Waals surface area contributed by atoms with Crippen molar-refractivity contribution >= 4 is 11.4 Å². The van der Waals surface area contributed by atoms with Gasteiger partial charge in [0.2, 0.25) is 0 Å². The first kappa shape index (κ1) is 11.3. The number of nitrogens with one attached hydrogen (secondary N) is 1. The first-order valence-electron chi connectivity index (χ1n) is 6.39. The molecule has 0 unspecified atom stereocenters. The molecule has 2 rings (SSSR count). The van der Waals surface area contributed by atoms with E-state index in [1.807, 2.05) is 0 Å². The molecule has 1 aromatic carbocycles. The smallest absolute Gasteiger partial charge is 0.0374 e. The van der Waals surface area contributed by atoms with E-state index >= 15 is 0 Å². The molecule has 0 fully saturated rings. The number of benzene rings is 1. The van der Waals surface area contributed by atoms with Gasteiger partial charge in [-0.15, -0.1) is 0 Å². The van der Waals surface area contributed by atoms with Crippen molar-refractivity contribution < 1.29 is 0 Å². The van der Waals surface area contributed by atoms with Crippen LogP contribution in [0.5, 0.6) is 0 Å². The van der Waals surface area contributed by atoms with Gasteiger partial charge in [-0.3, -0.25) is 0 Å². The van der Waals surface area contributed by atoms with E-state index in [1.54, 1.807) is 0 Å². The van der Waals surface area contributed by atoms with E-state index in [2.05, 4.69) is 42.4 Å². The average Bonchev–Trinajstić information content (AvgIpc) is 2.35. The van der Waals surface area contributed by atoms with Crippen LogP contribution in [-0.4, -0.2) is 20.1 Å². The van der Waals surface area contributed by atoms with Crippen LogP contribution in [0.15, 0.2) is 18.2 Å². The van der Waals surface area contributed by atoms with Crippen molar-refractivity contribution in [1.82, 2.24) is 0 Å². The zero-order chi connectivity index (χ0) is 11.4. The van der Waals surface area contributed by atoms with Gasteiger partial charge in [0.05, 0.1) is 0 Å². The fourth-order valence-corrected chi connectivity index (χ4v) is 2.22. The minimum Gasteiger partial charge on any atom is -0.385 e. The van der Waals surface area contributed by atoms with E-state index in [9.17, 15) is 0 Å². The molecule has 1 aliphatic heterocycles. The van der Waals surface area contributed by atoms with Crippen molar-refractivity contribution in [2.75, 3.05) is 30.4 Å². The van der Waals surface area contributed by atoms with Gasteiger partial charge in [-0.2, -0.15) is 0 Å². The molecule has 0 spiro atoms. The van der Waals surface area contributed by atoms with Gasteiger partial charge in [0.25, 0.3) is 0 Å². The van der Waals surface area contributed by atoms with Crippen LogP contribution in [0.4, 0.5) is 11.4 Å². The highest BCUT2D eigenvalue weighted by Crippen LogP contribution is 2.26. The van der Waals surface area contributed by atoms with Crippen molar-refractivity contribution in [3.63, 3.8) is 0 Å². The molecule has 0 aromatic heterocycles. The molecule has 0 radical (unpaired) electrons. The SMILES string of the molecule is CCCCN(C)c1ccc2c(c1)CCCN2. The highest BCUT2D eigenvalue weighted by molar-refractivity contribution is 5.61. The summed E-state index contributed by atoms with van der Waals surface area (Å²) in [7, 11) is 2.19. The van der Waals surface area contributed by atoms with Crippen LogP contribution in [0, 0.1) is 0 Å². The lowest BCUT2D eigenvalue weighted by atomic mass is 10.0. The highest BCUT2D eigenvalue weighted by Gasteiger charge is 2.09. The fraction of sp³-hybridized carbons (Fsp3) is 0.571. The van der Waals surface area contributed by atoms with Crippen LogP contribution in [0.2, 0.25) is 0 Å². The number of unbranched alkanes of at least 4 members (excludes halogenated alkanes) is 1. The second-order valence-electron chi connectivity index (χ2n) is 4.65. The second-order valence-corrected chi connectivity index (χ2v) is 4.65. The Hall–Kier alpha value is -1.18. The Labute approximate surface area is 98.7 Å². The maximum absolute atomic E-state index is 3.45. The zero-order valence-electron chi connectivity index (χ0n) is 10.4. The van der Waals surface area contributed by atoms with E-state index in [0.717, 1.165) is 13.1 Å². The zero-order valence-corrected chi connectivity index (χ0v) is 10.4. The van der Waals surface area contributed by atoms with Crippen LogP contribution in [0.25, 0.3) is 0 Å². The summed E-state index contributed by atoms with van der Waals surface area (Å²) in [5.74, 6) is 0. The van der Waals surface area contributed by atoms with E-state index < -0.39 is 0 Å². The first-order valence-corrected chi connectivity index (χ1v) is 6.39. The molecule has 0 amide bonds. The van der Waals surface area contributed by atoms with E-state index in [-0.39, 0.29) is 0 Å². The number of nitrogens with zero attached hydrogens (tertiary/aromatic N) is 1. The largest absolute Gasteiger partial charge is 0.385 e. The Bertz CT molecular complexity index is 347. The normalized spacial score (nSPS) is 14.1. The van der Waals surface area contributed by atoms with E-state index in [4.69, 9.17) is 0 Å². The molecule has 1 aliphatic rings. The summed E-state index contributed by atoms with van der Waals surface area (Å²) in [6, 6.07) is 6.80. The third-order valence-corrected chi connectivity index (χ3v) is 3.32. The molecule has 0 atom stereocenters. The van der Waals surface area contributed by atoms with Crippen molar-refractivity contribution in [2.24, 2.45) is 0 Å². The van der Waals surface area contributed by atoms with Crippen molar-refractivity contribution in [2.45, 2.75) is 32.6 Å². The molecule has 0 aliphatic carbocycles. The topological polar surface area (TPSA) is 15.3 Å². The number of anilines is 2. The van der Waals surface area contributed by atoms with Crippen molar-refractivity contribution in [3.05, 3.63) is 23.8 Å². The third kappa shape index (κ3) is 2.49. The van der Waals surface area contributed by atoms with Crippen LogP contribution < -0.4 is 10.2 Å². The third-order valence-electron chi connectivity index (χ3n) is 3.32. The molecule has 2 heteroatoms. The minimum absolute atomic E-state index is 1.12. The predicted octanol–water partition coefficient (Wildman–Crippen LogP) is 3.28. The standard InChI is InChI=1S/C14H22N2/c1-3-4-10-16(2)13-7-8-14-12(11-13)6-5-9-15-14/h7-8,11,15H,3-6,9-10H2,1-2H3. The lowest BCUT2D eigenvalue weighted by molar-refractivity contribution is 0.764. The molecule has 0 saturated carbocycles. The Morgan fingerprint density at radius 1 is 1.38 bits per heavy atom. The molecular weight excluding hydrogens is 196 g/mol. The van der Waals surface area contributed by atoms with Crippen LogP contribution >= 0.6 is 0 Å². The van der Waals surface area contributed by atoms with Gasteiger partial charge in [-0.05, 0) is 43.0 Å². The summed E-state index contributed by atoms with van der Waals surface area (Å²) in [6.45, 7) is 4.52. The second kappa shape index (κ2) is 5.24. The fourth-order valence-electron chi connectivity index (χ4n) is 2.22. The maximum Gasteiger partial charge on any atom is 0.0374 e. The monoisotopic (exact) mass is 218 g/mol.